The number of piperazine rings is 1. The summed E-state index contributed by atoms with van der Waals surface area (Å²) in [6.07, 6.45) is 0. The van der Waals surface area contributed by atoms with Gasteiger partial charge in [-0.3, -0.25) is 14.9 Å². The average molecular weight is 218 g/mol. The molecule has 0 radical (unpaired) electrons. The predicted octanol–water partition coefficient (Wildman–Crippen LogP) is -1.06. The second-order valence-electron chi connectivity index (χ2n) is 2.97. The Balaban J connectivity index is 2.30. The molecular formula is C8H12ClN3O2. The molecule has 1 heterocycles. The van der Waals surface area contributed by atoms with Crippen LogP contribution in [-0.2, 0) is 9.59 Å². The maximum atomic E-state index is 11.4. The van der Waals surface area contributed by atoms with Crippen LogP contribution in [0.3, 0.4) is 0 Å². The Morgan fingerprint density at radius 1 is 1.71 bits per heavy atom. The SMILES string of the molecule is C=C(Cl)CNC(=O)C1CNC(=O)CN1. The summed E-state index contributed by atoms with van der Waals surface area (Å²) in [5, 5.41) is 8.33. The smallest absolute Gasteiger partial charge is 0.239 e. The van der Waals surface area contributed by atoms with E-state index in [0.29, 0.717) is 11.6 Å². The van der Waals surface area contributed by atoms with Gasteiger partial charge in [-0.1, -0.05) is 18.2 Å². The van der Waals surface area contributed by atoms with E-state index >= 15 is 0 Å². The van der Waals surface area contributed by atoms with Crippen LogP contribution >= 0.6 is 11.6 Å². The Morgan fingerprint density at radius 2 is 2.43 bits per heavy atom. The number of hydrogen-bond acceptors (Lipinski definition) is 3. The van der Waals surface area contributed by atoms with Gasteiger partial charge < -0.3 is 10.6 Å². The number of amides is 2. The molecule has 1 saturated heterocycles. The van der Waals surface area contributed by atoms with Crippen molar-refractivity contribution in [2.45, 2.75) is 6.04 Å². The van der Waals surface area contributed by atoms with Gasteiger partial charge in [0.2, 0.25) is 11.8 Å². The van der Waals surface area contributed by atoms with Crippen molar-refractivity contribution < 1.29 is 9.59 Å². The molecule has 1 rings (SSSR count). The Kier molecular flexibility index (Phi) is 3.91. The van der Waals surface area contributed by atoms with Crippen LogP contribution in [-0.4, -0.2) is 37.5 Å². The fourth-order valence-electron chi connectivity index (χ4n) is 1.06. The minimum Gasteiger partial charge on any atom is -0.353 e. The van der Waals surface area contributed by atoms with Crippen molar-refractivity contribution >= 4 is 23.4 Å². The highest BCUT2D eigenvalue weighted by atomic mass is 35.5. The van der Waals surface area contributed by atoms with Gasteiger partial charge >= 0.3 is 0 Å². The molecule has 0 aromatic heterocycles. The summed E-state index contributed by atoms with van der Waals surface area (Å²) in [5.74, 6) is -0.289. The molecule has 1 unspecified atom stereocenters. The lowest BCUT2D eigenvalue weighted by atomic mass is 10.2. The van der Waals surface area contributed by atoms with E-state index in [1.165, 1.54) is 0 Å². The van der Waals surface area contributed by atoms with E-state index in [9.17, 15) is 9.59 Å². The van der Waals surface area contributed by atoms with Gasteiger partial charge in [0.05, 0.1) is 13.1 Å². The molecule has 1 aliphatic rings. The van der Waals surface area contributed by atoms with Crippen LogP contribution < -0.4 is 16.0 Å². The van der Waals surface area contributed by atoms with Crippen molar-refractivity contribution in [2.24, 2.45) is 0 Å². The molecule has 6 heteroatoms. The number of carbonyl (C=O) groups excluding carboxylic acids is 2. The standard InChI is InChI=1S/C8H12ClN3O2/c1-5(9)2-12-8(14)6-3-11-7(13)4-10-6/h6,10H,1-4H2,(H,11,13)(H,12,14). The van der Waals surface area contributed by atoms with Crippen molar-refractivity contribution in [3.63, 3.8) is 0 Å². The first-order valence-corrected chi connectivity index (χ1v) is 4.58. The van der Waals surface area contributed by atoms with Gasteiger partial charge in [0.15, 0.2) is 0 Å². The third-order valence-corrected chi connectivity index (χ3v) is 1.92. The van der Waals surface area contributed by atoms with Crippen LogP contribution in [0.25, 0.3) is 0 Å². The maximum absolute atomic E-state index is 11.4. The predicted molar refractivity (Wildman–Crippen MR) is 52.8 cm³/mol. The van der Waals surface area contributed by atoms with Crippen molar-refractivity contribution in [1.29, 1.82) is 0 Å². The lowest BCUT2D eigenvalue weighted by molar-refractivity contribution is -0.126. The summed E-state index contributed by atoms with van der Waals surface area (Å²) in [4.78, 5) is 22.1. The summed E-state index contributed by atoms with van der Waals surface area (Å²) in [6.45, 7) is 4.16. The van der Waals surface area contributed by atoms with Crippen LogP contribution in [0.4, 0.5) is 0 Å². The molecular weight excluding hydrogens is 206 g/mol. The summed E-state index contributed by atoms with van der Waals surface area (Å²) in [6, 6.07) is -0.385. The highest BCUT2D eigenvalue weighted by Crippen LogP contribution is 1.94. The zero-order valence-electron chi connectivity index (χ0n) is 7.60. The average Bonchev–Trinajstić information content (AvgIpc) is 2.15. The molecule has 1 fully saturated rings. The van der Waals surface area contributed by atoms with E-state index in [1.807, 2.05) is 0 Å². The molecule has 1 atom stereocenters. The number of hydrogen-bond donors (Lipinski definition) is 3. The lowest BCUT2D eigenvalue weighted by Gasteiger charge is -2.22. The van der Waals surface area contributed by atoms with Crippen LogP contribution in [0.15, 0.2) is 11.6 Å². The fourth-order valence-corrected chi connectivity index (χ4v) is 1.12. The molecule has 1 aliphatic heterocycles. The van der Waals surface area contributed by atoms with Crippen LogP contribution in [0.2, 0.25) is 0 Å². The largest absolute Gasteiger partial charge is 0.353 e. The van der Waals surface area contributed by atoms with Crippen LogP contribution in [0.5, 0.6) is 0 Å². The normalized spacial score (nSPS) is 21.2. The van der Waals surface area contributed by atoms with Gasteiger partial charge in [-0.25, -0.2) is 0 Å². The Hall–Kier alpha value is -1.07. The van der Waals surface area contributed by atoms with E-state index in [4.69, 9.17) is 11.6 Å². The van der Waals surface area contributed by atoms with Gasteiger partial charge in [0, 0.05) is 11.6 Å². The molecule has 14 heavy (non-hydrogen) atoms. The van der Waals surface area contributed by atoms with Gasteiger partial charge in [-0.2, -0.15) is 0 Å². The molecule has 0 saturated carbocycles. The molecule has 0 spiro atoms. The third-order valence-electron chi connectivity index (χ3n) is 1.78. The van der Waals surface area contributed by atoms with Crippen molar-refractivity contribution in [3.05, 3.63) is 11.6 Å². The summed E-state index contributed by atoms with van der Waals surface area (Å²) < 4.78 is 0. The minimum atomic E-state index is -0.385. The topological polar surface area (TPSA) is 70.2 Å². The molecule has 0 aromatic carbocycles. The molecule has 2 amide bonds. The monoisotopic (exact) mass is 217 g/mol. The van der Waals surface area contributed by atoms with E-state index in [2.05, 4.69) is 22.5 Å². The Morgan fingerprint density at radius 3 is 2.93 bits per heavy atom. The molecule has 0 bridgehead atoms. The van der Waals surface area contributed by atoms with Crippen LogP contribution in [0.1, 0.15) is 0 Å². The first-order chi connectivity index (χ1) is 6.59. The molecule has 0 aromatic rings. The van der Waals surface area contributed by atoms with E-state index in [-0.39, 0.29) is 30.9 Å². The lowest BCUT2D eigenvalue weighted by Crippen LogP contribution is -2.58. The summed E-state index contributed by atoms with van der Waals surface area (Å²) in [7, 11) is 0. The second kappa shape index (κ2) is 4.97. The number of carbonyl (C=O) groups is 2. The van der Waals surface area contributed by atoms with Crippen molar-refractivity contribution in [1.82, 2.24) is 16.0 Å². The first kappa shape index (κ1) is 11.0. The van der Waals surface area contributed by atoms with E-state index in [0.717, 1.165) is 0 Å². The minimum absolute atomic E-state index is 0.101. The molecule has 3 N–H and O–H groups in total. The zero-order valence-corrected chi connectivity index (χ0v) is 8.36. The van der Waals surface area contributed by atoms with Gasteiger partial charge in [-0.15, -0.1) is 0 Å². The number of halogens is 1. The summed E-state index contributed by atoms with van der Waals surface area (Å²) in [5.41, 5.74) is 0. The van der Waals surface area contributed by atoms with Gasteiger partial charge in [0.25, 0.3) is 0 Å². The van der Waals surface area contributed by atoms with Crippen molar-refractivity contribution in [2.75, 3.05) is 19.6 Å². The fraction of sp³-hybridized carbons (Fsp3) is 0.500. The van der Waals surface area contributed by atoms with Crippen LogP contribution in [0, 0.1) is 0 Å². The molecule has 0 aliphatic carbocycles. The molecule has 5 nitrogen and oxygen atoms in total. The van der Waals surface area contributed by atoms with E-state index in [1.54, 1.807) is 0 Å². The molecule has 78 valence electrons. The Labute approximate surface area is 86.9 Å². The number of nitrogens with one attached hydrogen (secondary N) is 3. The first-order valence-electron chi connectivity index (χ1n) is 4.20. The Bertz CT molecular complexity index is 257. The maximum Gasteiger partial charge on any atom is 0.239 e. The number of rotatable bonds is 3. The second-order valence-corrected chi connectivity index (χ2v) is 3.51. The quantitative estimate of drug-likeness (QED) is 0.565. The van der Waals surface area contributed by atoms with Crippen molar-refractivity contribution in [3.8, 4) is 0 Å². The highest BCUT2D eigenvalue weighted by molar-refractivity contribution is 6.29. The van der Waals surface area contributed by atoms with Gasteiger partial charge in [-0.05, 0) is 0 Å². The van der Waals surface area contributed by atoms with E-state index < -0.39 is 0 Å². The van der Waals surface area contributed by atoms with Gasteiger partial charge in [0.1, 0.15) is 6.04 Å². The highest BCUT2D eigenvalue weighted by Gasteiger charge is 2.23. The zero-order chi connectivity index (χ0) is 10.6. The third kappa shape index (κ3) is 3.35. The summed E-state index contributed by atoms with van der Waals surface area (Å²) >= 11 is 5.48.